The fourth-order valence-electron chi connectivity index (χ4n) is 3.23. The Labute approximate surface area is 207 Å². The Hall–Kier alpha value is -2.50. The van der Waals surface area contributed by atoms with E-state index < -0.39 is 11.9 Å². The molecule has 0 spiro atoms. The molecule has 4 N–H and O–H groups in total. The molecule has 33 heavy (non-hydrogen) atoms. The van der Waals surface area contributed by atoms with Gasteiger partial charge in [-0.25, -0.2) is 9.59 Å². The van der Waals surface area contributed by atoms with Crippen molar-refractivity contribution in [1.82, 2.24) is 0 Å². The van der Waals surface area contributed by atoms with Crippen LogP contribution in [0.4, 0.5) is 0 Å². The van der Waals surface area contributed by atoms with Crippen LogP contribution in [-0.4, -0.2) is 32.4 Å². The Morgan fingerprint density at radius 2 is 0.848 bits per heavy atom. The number of hydrogen-bond acceptors (Lipinski definition) is 4. The van der Waals surface area contributed by atoms with E-state index in [9.17, 15) is 19.8 Å². The molecule has 0 fully saturated rings. The van der Waals surface area contributed by atoms with Gasteiger partial charge in [-0.2, -0.15) is 0 Å². The second kappa shape index (κ2) is 12.7. The van der Waals surface area contributed by atoms with Gasteiger partial charge in [-0.05, 0) is 58.1 Å². The molecule has 2 aromatic carbocycles. The number of aromatic carboxylic acids is 2. The number of hydrogen-bond donors (Lipinski definition) is 4. The molecular formula is C26H36CuO6+2. The Balaban J connectivity index is 0.000000602. The van der Waals surface area contributed by atoms with Gasteiger partial charge < -0.3 is 20.4 Å². The van der Waals surface area contributed by atoms with Gasteiger partial charge in [0.25, 0.3) is 0 Å². The second-order valence-corrected chi connectivity index (χ2v) is 9.24. The number of carboxylic acid groups (broad SMARTS) is 2. The Bertz CT molecular complexity index is 898. The second-order valence-electron chi connectivity index (χ2n) is 9.24. The van der Waals surface area contributed by atoms with Crippen molar-refractivity contribution in [2.45, 2.75) is 79.1 Å². The van der Waals surface area contributed by atoms with E-state index >= 15 is 0 Å². The van der Waals surface area contributed by atoms with Crippen molar-refractivity contribution < 1.29 is 47.1 Å². The third-order valence-corrected chi connectivity index (χ3v) is 5.36. The summed E-state index contributed by atoms with van der Waals surface area (Å²) in [6.45, 7) is 15.7. The largest absolute Gasteiger partial charge is 2.00 e. The fraction of sp³-hybridized carbons (Fsp3) is 0.462. The minimum atomic E-state index is -1.08. The first kappa shape index (κ1) is 30.5. The van der Waals surface area contributed by atoms with Gasteiger partial charge in [0.1, 0.15) is 22.6 Å². The van der Waals surface area contributed by atoms with Crippen LogP contribution in [0.5, 0.6) is 11.5 Å². The van der Waals surface area contributed by atoms with Gasteiger partial charge in [-0.1, -0.05) is 67.5 Å². The fourth-order valence-corrected chi connectivity index (χ4v) is 3.23. The normalized spacial score (nSPS) is 10.8. The number of benzene rings is 2. The van der Waals surface area contributed by atoms with E-state index in [1.165, 1.54) is 0 Å². The van der Waals surface area contributed by atoms with Crippen LogP contribution in [0.2, 0.25) is 0 Å². The van der Waals surface area contributed by atoms with E-state index in [0.29, 0.717) is 11.1 Å². The summed E-state index contributed by atoms with van der Waals surface area (Å²) in [6, 6.07) is 6.87. The van der Waals surface area contributed by atoms with Crippen LogP contribution in [0.1, 0.15) is 122 Å². The predicted molar refractivity (Wildman–Crippen MR) is 126 cm³/mol. The summed E-state index contributed by atoms with van der Waals surface area (Å²) in [5.41, 5.74) is 3.27. The molecule has 0 aliphatic carbocycles. The zero-order chi connectivity index (χ0) is 24.9. The summed E-state index contributed by atoms with van der Waals surface area (Å²) < 4.78 is 0. The van der Waals surface area contributed by atoms with Crippen LogP contribution in [0.3, 0.4) is 0 Å². The zero-order valence-electron chi connectivity index (χ0n) is 20.5. The molecule has 2 aromatic rings. The van der Waals surface area contributed by atoms with Gasteiger partial charge in [0.2, 0.25) is 0 Å². The molecule has 0 amide bonds. The van der Waals surface area contributed by atoms with Crippen molar-refractivity contribution in [3.05, 3.63) is 57.6 Å². The summed E-state index contributed by atoms with van der Waals surface area (Å²) in [4.78, 5) is 22.0. The molecule has 2 rings (SSSR count). The molecule has 6 nitrogen and oxygen atoms in total. The van der Waals surface area contributed by atoms with Gasteiger partial charge in [0.05, 0.1) is 0 Å². The molecule has 0 heterocycles. The topological polar surface area (TPSA) is 115 Å². The zero-order valence-corrected chi connectivity index (χ0v) is 21.5. The van der Waals surface area contributed by atoms with Crippen molar-refractivity contribution in [3.63, 3.8) is 0 Å². The van der Waals surface area contributed by atoms with Crippen molar-refractivity contribution in [3.8, 4) is 11.5 Å². The van der Waals surface area contributed by atoms with Crippen molar-refractivity contribution in [2.75, 3.05) is 0 Å². The molecule has 0 unspecified atom stereocenters. The molecule has 0 saturated heterocycles. The van der Waals surface area contributed by atoms with Crippen molar-refractivity contribution in [2.24, 2.45) is 0 Å². The monoisotopic (exact) mass is 507 g/mol. The van der Waals surface area contributed by atoms with Crippen LogP contribution >= 0.6 is 0 Å². The molecule has 0 atom stereocenters. The summed E-state index contributed by atoms with van der Waals surface area (Å²) in [5, 5.41) is 37.7. The summed E-state index contributed by atoms with van der Waals surface area (Å²) in [5.74, 6) is -1.66. The third kappa shape index (κ3) is 7.79. The van der Waals surface area contributed by atoms with Gasteiger partial charge >= 0.3 is 29.0 Å². The number of rotatable bonds is 6. The minimum Gasteiger partial charge on any atom is -0.507 e. The van der Waals surface area contributed by atoms with Gasteiger partial charge in [-0.3, -0.25) is 0 Å². The Kier molecular flexibility index (Phi) is 11.7. The number of carboxylic acids is 2. The van der Waals surface area contributed by atoms with Gasteiger partial charge in [-0.15, -0.1) is 0 Å². The molecule has 0 aliphatic rings. The van der Waals surface area contributed by atoms with Crippen molar-refractivity contribution in [1.29, 1.82) is 0 Å². The molecule has 0 aromatic heterocycles. The Morgan fingerprint density at radius 3 is 1.03 bits per heavy atom. The SMILES string of the molecule is CC(C)c1cc(C(=O)O)c(O)c(C(C)C)c1.CC(C)c1cc(C(=O)O)c(O)c(C(C)C)c1.[Cu+2]. The van der Waals surface area contributed by atoms with Crippen LogP contribution in [0, 0.1) is 0 Å². The number of phenols is 2. The molecular weight excluding hydrogens is 472 g/mol. The minimum absolute atomic E-state index is 0. The predicted octanol–water partition coefficient (Wildman–Crippen LogP) is 6.67. The molecule has 0 saturated carbocycles. The van der Waals surface area contributed by atoms with E-state index in [1.807, 2.05) is 67.5 Å². The molecule has 185 valence electrons. The smallest absolute Gasteiger partial charge is 0.507 e. The molecule has 7 heteroatoms. The quantitative estimate of drug-likeness (QED) is 0.324. The van der Waals surface area contributed by atoms with Crippen LogP contribution < -0.4 is 0 Å². The van der Waals surface area contributed by atoms with E-state index in [2.05, 4.69) is 0 Å². The maximum Gasteiger partial charge on any atom is 2.00 e. The maximum absolute atomic E-state index is 11.0. The van der Waals surface area contributed by atoms with E-state index in [1.54, 1.807) is 12.1 Å². The van der Waals surface area contributed by atoms with Crippen molar-refractivity contribution >= 4 is 11.9 Å². The first-order chi connectivity index (χ1) is 14.7. The molecule has 0 bridgehead atoms. The molecule has 0 aliphatic heterocycles. The third-order valence-electron chi connectivity index (χ3n) is 5.36. The summed E-state index contributed by atoms with van der Waals surface area (Å²) >= 11 is 0. The summed E-state index contributed by atoms with van der Waals surface area (Å²) in [7, 11) is 0. The van der Waals surface area contributed by atoms with Crippen LogP contribution in [0.25, 0.3) is 0 Å². The van der Waals surface area contributed by atoms with Gasteiger partial charge in [0.15, 0.2) is 0 Å². The van der Waals surface area contributed by atoms with E-state index in [0.717, 1.165) is 11.1 Å². The van der Waals surface area contributed by atoms with Crippen LogP contribution in [-0.2, 0) is 17.1 Å². The first-order valence-corrected chi connectivity index (χ1v) is 10.9. The summed E-state index contributed by atoms with van der Waals surface area (Å²) in [6.07, 6.45) is 0. The standard InChI is InChI=1S/2C13H18O3.Cu/c2*1-7(2)9-5-10(8(3)4)12(14)11(6-9)13(15)16;/h2*5-8,14H,1-4H3,(H,15,16);/q;;+2. The van der Waals surface area contributed by atoms with Crippen LogP contribution in [0.15, 0.2) is 24.3 Å². The molecule has 1 radical (unpaired) electrons. The van der Waals surface area contributed by atoms with E-state index in [4.69, 9.17) is 10.2 Å². The number of aromatic hydroxyl groups is 2. The van der Waals surface area contributed by atoms with Gasteiger partial charge in [0, 0.05) is 0 Å². The Morgan fingerprint density at radius 1 is 0.576 bits per heavy atom. The van der Waals surface area contributed by atoms with E-state index in [-0.39, 0.29) is 63.4 Å². The average Bonchev–Trinajstić information content (AvgIpc) is 2.67. The average molecular weight is 508 g/mol. The number of carbonyl (C=O) groups is 2. The maximum atomic E-state index is 11.0. The first-order valence-electron chi connectivity index (χ1n) is 10.9.